The number of amides is 1. The fourth-order valence-corrected chi connectivity index (χ4v) is 2.69. The average Bonchev–Trinajstić information content (AvgIpc) is 3.24. The Morgan fingerprint density at radius 3 is 2.82 bits per heavy atom. The van der Waals surface area contributed by atoms with Gasteiger partial charge in [-0.1, -0.05) is 0 Å². The second kappa shape index (κ2) is 7.20. The van der Waals surface area contributed by atoms with Crippen LogP contribution in [0.4, 0.5) is 5.69 Å². The molecular formula is C17H24N2O3. The fraction of sp³-hybridized carbons (Fsp3) is 0.647. The Bertz CT molecular complexity index is 484. The molecule has 1 saturated carbocycles. The standard InChI is InChI=1S/C17H24N2O3/c1-13(22-12-14-4-5-14)17(20)19(11-16-3-2-10-21-16)15-6-8-18-9-7-15/h6-9,13-14,16H,2-5,10-12H2,1H3/t13-,16-/m0/s1. The van der Waals surface area contributed by atoms with Gasteiger partial charge < -0.3 is 14.4 Å². The van der Waals surface area contributed by atoms with Gasteiger partial charge in [-0.3, -0.25) is 9.78 Å². The van der Waals surface area contributed by atoms with Gasteiger partial charge in [0.25, 0.3) is 5.91 Å². The van der Waals surface area contributed by atoms with Crippen molar-refractivity contribution in [3.63, 3.8) is 0 Å². The highest BCUT2D eigenvalue weighted by molar-refractivity contribution is 5.96. The molecule has 2 aliphatic rings. The summed E-state index contributed by atoms with van der Waals surface area (Å²) in [4.78, 5) is 18.6. The summed E-state index contributed by atoms with van der Waals surface area (Å²) in [5.74, 6) is 0.658. The first kappa shape index (κ1) is 15.4. The number of carbonyl (C=O) groups excluding carboxylic acids is 1. The molecule has 0 aromatic carbocycles. The van der Waals surface area contributed by atoms with Crippen molar-refractivity contribution >= 4 is 11.6 Å². The van der Waals surface area contributed by atoms with Gasteiger partial charge >= 0.3 is 0 Å². The van der Waals surface area contributed by atoms with Crippen molar-refractivity contribution in [2.24, 2.45) is 5.92 Å². The van der Waals surface area contributed by atoms with Crippen LogP contribution in [0, 0.1) is 5.92 Å². The topological polar surface area (TPSA) is 51.7 Å². The van der Waals surface area contributed by atoms with Gasteiger partial charge in [-0.25, -0.2) is 0 Å². The zero-order valence-corrected chi connectivity index (χ0v) is 13.1. The molecule has 5 nitrogen and oxygen atoms in total. The zero-order chi connectivity index (χ0) is 15.4. The quantitative estimate of drug-likeness (QED) is 0.776. The van der Waals surface area contributed by atoms with Crippen LogP contribution in [-0.4, -0.2) is 42.9 Å². The van der Waals surface area contributed by atoms with E-state index in [0.717, 1.165) is 25.1 Å². The number of carbonyl (C=O) groups is 1. The Kier molecular flexibility index (Phi) is 5.05. The van der Waals surface area contributed by atoms with Crippen LogP contribution in [-0.2, 0) is 14.3 Å². The van der Waals surface area contributed by atoms with Crippen LogP contribution in [0.25, 0.3) is 0 Å². The maximum absolute atomic E-state index is 12.8. The smallest absolute Gasteiger partial charge is 0.255 e. The van der Waals surface area contributed by atoms with Gasteiger partial charge in [0.15, 0.2) is 0 Å². The lowest BCUT2D eigenvalue weighted by atomic mass is 10.2. The summed E-state index contributed by atoms with van der Waals surface area (Å²) < 4.78 is 11.4. The van der Waals surface area contributed by atoms with E-state index in [0.29, 0.717) is 19.1 Å². The van der Waals surface area contributed by atoms with E-state index in [9.17, 15) is 4.79 Å². The third-order valence-electron chi connectivity index (χ3n) is 4.28. The van der Waals surface area contributed by atoms with E-state index in [-0.39, 0.29) is 12.0 Å². The number of rotatable bonds is 7. The molecule has 2 heterocycles. The lowest BCUT2D eigenvalue weighted by Crippen LogP contribution is -2.43. The van der Waals surface area contributed by atoms with Crippen LogP contribution in [0.2, 0.25) is 0 Å². The van der Waals surface area contributed by atoms with Crippen LogP contribution in [0.5, 0.6) is 0 Å². The molecule has 22 heavy (non-hydrogen) atoms. The van der Waals surface area contributed by atoms with Crippen LogP contribution in [0.1, 0.15) is 32.6 Å². The van der Waals surface area contributed by atoms with Crippen LogP contribution in [0.15, 0.2) is 24.5 Å². The highest BCUT2D eigenvalue weighted by atomic mass is 16.5. The minimum absolute atomic E-state index is 0.00218. The van der Waals surface area contributed by atoms with Gasteiger partial charge in [0.1, 0.15) is 6.10 Å². The minimum atomic E-state index is -0.421. The highest BCUT2D eigenvalue weighted by Gasteiger charge is 2.29. The Balaban J connectivity index is 1.66. The summed E-state index contributed by atoms with van der Waals surface area (Å²) in [7, 11) is 0. The summed E-state index contributed by atoms with van der Waals surface area (Å²) in [6.45, 7) is 3.90. The molecule has 2 atom stereocenters. The first-order valence-electron chi connectivity index (χ1n) is 8.18. The number of nitrogens with zero attached hydrogens (tertiary/aromatic N) is 2. The molecule has 5 heteroatoms. The molecule has 0 bridgehead atoms. The number of anilines is 1. The van der Waals surface area contributed by atoms with E-state index in [1.54, 1.807) is 17.3 Å². The second-order valence-electron chi connectivity index (χ2n) is 6.21. The number of hydrogen-bond donors (Lipinski definition) is 0. The third kappa shape index (κ3) is 4.05. The minimum Gasteiger partial charge on any atom is -0.376 e. The van der Waals surface area contributed by atoms with Crippen molar-refractivity contribution in [1.29, 1.82) is 0 Å². The number of hydrogen-bond acceptors (Lipinski definition) is 4. The summed E-state index contributed by atoms with van der Waals surface area (Å²) in [6, 6.07) is 3.72. The molecule has 1 amide bonds. The van der Waals surface area contributed by atoms with Gasteiger partial charge in [-0.05, 0) is 50.7 Å². The molecule has 0 unspecified atom stereocenters. The molecular weight excluding hydrogens is 280 g/mol. The van der Waals surface area contributed by atoms with E-state index in [2.05, 4.69) is 4.98 Å². The predicted octanol–water partition coefficient (Wildman–Crippen LogP) is 2.41. The van der Waals surface area contributed by atoms with Crippen molar-refractivity contribution in [2.45, 2.75) is 44.8 Å². The van der Waals surface area contributed by atoms with Crippen molar-refractivity contribution in [1.82, 2.24) is 4.98 Å². The largest absolute Gasteiger partial charge is 0.376 e. The Morgan fingerprint density at radius 2 is 2.18 bits per heavy atom. The average molecular weight is 304 g/mol. The van der Waals surface area contributed by atoms with Crippen molar-refractivity contribution < 1.29 is 14.3 Å². The number of pyridine rings is 1. The fourth-order valence-electron chi connectivity index (χ4n) is 2.69. The van der Waals surface area contributed by atoms with E-state index < -0.39 is 6.10 Å². The van der Waals surface area contributed by atoms with E-state index in [4.69, 9.17) is 9.47 Å². The summed E-state index contributed by atoms with van der Waals surface area (Å²) in [5, 5.41) is 0. The summed E-state index contributed by atoms with van der Waals surface area (Å²) in [6.07, 6.45) is 7.64. The Hall–Kier alpha value is -1.46. The lowest BCUT2D eigenvalue weighted by Gasteiger charge is -2.28. The summed E-state index contributed by atoms with van der Waals surface area (Å²) >= 11 is 0. The SMILES string of the molecule is C[C@H](OCC1CC1)C(=O)N(C[C@@H]1CCCO1)c1ccncc1. The molecule has 120 valence electrons. The first-order valence-corrected chi connectivity index (χ1v) is 8.18. The van der Waals surface area contributed by atoms with Gasteiger partial charge in [-0.2, -0.15) is 0 Å². The van der Waals surface area contributed by atoms with E-state index >= 15 is 0 Å². The molecule has 0 spiro atoms. The molecule has 1 aliphatic carbocycles. The number of aromatic nitrogens is 1. The molecule has 0 N–H and O–H groups in total. The van der Waals surface area contributed by atoms with Crippen LogP contribution in [0.3, 0.4) is 0 Å². The Labute approximate surface area is 131 Å². The van der Waals surface area contributed by atoms with E-state index in [1.807, 2.05) is 19.1 Å². The molecule has 1 aromatic heterocycles. The molecule has 1 aliphatic heterocycles. The highest BCUT2D eigenvalue weighted by Crippen LogP contribution is 2.29. The van der Waals surface area contributed by atoms with E-state index in [1.165, 1.54) is 12.8 Å². The third-order valence-corrected chi connectivity index (χ3v) is 4.28. The van der Waals surface area contributed by atoms with Gasteiger partial charge in [-0.15, -0.1) is 0 Å². The molecule has 3 rings (SSSR count). The van der Waals surface area contributed by atoms with Gasteiger partial charge in [0.05, 0.1) is 19.3 Å². The molecule has 1 saturated heterocycles. The van der Waals surface area contributed by atoms with Crippen molar-refractivity contribution in [2.75, 3.05) is 24.7 Å². The predicted molar refractivity (Wildman–Crippen MR) is 83.7 cm³/mol. The van der Waals surface area contributed by atoms with Gasteiger partial charge in [0.2, 0.25) is 0 Å². The second-order valence-corrected chi connectivity index (χ2v) is 6.21. The summed E-state index contributed by atoms with van der Waals surface area (Å²) in [5.41, 5.74) is 0.859. The maximum atomic E-state index is 12.8. The molecule has 0 radical (unpaired) electrons. The first-order chi connectivity index (χ1) is 10.7. The van der Waals surface area contributed by atoms with Crippen LogP contribution < -0.4 is 4.90 Å². The lowest BCUT2D eigenvalue weighted by molar-refractivity contribution is -0.129. The Morgan fingerprint density at radius 1 is 1.41 bits per heavy atom. The number of ether oxygens (including phenoxy) is 2. The molecule has 1 aromatic rings. The van der Waals surface area contributed by atoms with Gasteiger partial charge in [0, 0.05) is 24.7 Å². The van der Waals surface area contributed by atoms with Crippen LogP contribution >= 0.6 is 0 Å². The molecule has 2 fully saturated rings. The monoisotopic (exact) mass is 304 g/mol. The maximum Gasteiger partial charge on any atom is 0.255 e. The normalized spacial score (nSPS) is 22.5. The zero-order valence-electron chi connectivity index (χ0n) is 13.1. The van der Waals surface area contributed by atoms with Crippen molar-refractivity contribution in [3.05, 3.63) is 24.5 Å². The van der Waals surface area contributed by atoms with Crippen molar-refractivity contribution in [3.8, 4) is 0 Å².